The van der Waals surface area contributed by atoms with Crippen molar-refractivity contribution in [3.63, 3.8) is 0 Å². The van der Waals surface area contributed by atoms with E-state index in [9.17, 15) is 0 Å². The van der Waals surface area contributed by atoms with Crippen molar-refractivity contribution < 1.29 is 0 Å². The predicted octanol–water partition coefficient (Wildman–Crippen LogP) is 3.60. The van der Waals surface area contributed by atoms with Crippen LogP contribution in [-0.4, -0.2) is 18.1 Å². The molecule has 0 N–H and O–H groups in total. The molecule has 0 spiro atoms. The van der Waals surface area contributed by atoms with E-state index < -0.39 is 0 Å². The van der Waals surface area contributed by atoms with E-state index in [4.69, 9.17) is 4.98 Å². The summed E-state index contributed by atoms with van der Waals surface area (Å²) >= 11 is 1.85. The smallest absolute Gasteiger partial charge is 0.186 e. The topological polar surface area (TPSA) is 16.1 Å². The minimum absolute atomic E-state index is 1.16. The fraction of sp³-hybridized carbons (Fsp3) is 0.462. The molecule has 84 valence electrons. The highest BCUT2D eigenvalue weighted by Crippen LogP contribution is 2.32. The van der Waals surface area contributed by atoms with Gasteiger partial charge < -0.3 is 4.90 Å². The highest BCUT2D eigenvalue weighted by atomic mass is 32.1. The third-order valence-electron chi connectivity index (χ3n) is 3.23. The SMILES string of the molecule is Cc1cccc2nc(N3CCCCC3)sc12. The molecule has 1 fully saturated rings. The maximum Gasteiger partial charge on any atom is 0.186 e. The lowest BCUT2D eigenvalue weighted by molar-refractivity contribution is 0.577. The van der Waals surface area contributed by atoms with E-state index in [0.29, 0.717) is 0 Å². The number of anilines is 1. The minimum atomic E-state index is 1.16. The Morgan fingerprint density at radius 3 is 2.75 bits per heavy atom. The van der Waals surface area contributed by atoms with Crippen LogP contribution < -0.4 is 4.90 Å². The first-order valence-corrected chi connectivity index (χ1v) is 6.77. The summed E-state index contributed by atoms with van der Waals surface area (Å²) in [6.45, 7) is 4.53. The van der Waals surface area contributed by atoms with E-state index in [1.807, 2.05) is 11.3 Å². The molecule has 3 heteroatoms. The Morgan fingerprint density at radius 1 is 1.19 bits per heavy atom. The third kappa shape index (κ3) is 1.69. The van der Waals surface area contributed by atoms with Crippen molar-refractivity contribution in [2.24, 2.45) is 0 Å². The Labute approximate surface area is 99.9 Å². The summed E-state index contributed by atoms with van der Waals surface area (Å²) in [5.41, 5.74) is 2.50. The van der Waals surface area contributed by atoms with Crippen molar-refractivity contribution in [2.75, 3.05) is 18.0 Å². The van der Waals surface area contributed by atoms with E-state index in [-0.39, 0.29) is 0 Å². The zero-order valence-electron chi connectivity index (χ0n) is 9.57. The number of thiazole rings is 1. The van der Waals surface area contributed by atoms with Gasteiger partial charge in [-0.25, -0.2) is 4.98 Å². The summed E-state index contributed by atoms with van der Waals surface area (Å²) in [7, 11) is 0. The average Bonchev–Trinajstić information content (AvgIpc) is 2.76. The van der Waals surface area contributed by atoms with Crippen molar-refractivity contribution >= 4 is 26.7 Å². The number of hydrogen-bond donors (Lipinski definition) is 0. The molecule has 0 unspecified atom stereocenters. The van der Waals surface area contributed by atoms with Crippen LogP contribution in [0, 0.1) is 6.92 Å². The summed E-state index contributed by atoms with van der Waals surface area (Å²) in [4.78, 5) is 7.18. The van der Waals surface area contributed by atoms with Gasteiger partial charge in [-0.1, -0.05) is 23.5 Å². The molecule has 16 heavy (non-hydrogen) atoms. The standard InChI is InChI=1S/C13H16N2S/c1-10-6-5-7-11-12(10)16-13(14-11)15-8-3-2-4-9-15/h5-7H,2-4,8-9H2,1H3. The van der Waals surface area contributed by atoms with Crippen molar-refractivity contribution in [3.05, 3.63) is 23.8 Å². The van der Waals surface area contributed by atoms with Gasteiger partial charge in [-0.3, -0.25) is 0 Å². The van der Waals surface area contributed by atoms with Crippen LogP contribution in [0.25, 0.3) is 10.2 Å². The summed E-state index contributed by atoms with van der Waals surface area (Å²) in [6.07, 6.45) is 4.00. The molecule has 3 rings (SSSR count). The first kappa shape index (κ1) is 10.1. The second-order valence-corrected chi connectivity index (χ2v) is 5.44. The molecule has 0 bridgehead atoms. The molecule has 2 aromatic rings. The summed E-state index contributed by atoms with van der Waals surface area (Å²) in [5, 5.41) is 1.21. The first-order chi connectivity index (χ1) is 7.84. The second-order valence-electron chi connectivity index (χ2n) is 4.47. The fourth-order valence-electron chi connectivity index (χ4n) is 2.30. The number of nitrogens with zero attached hydrogens (tertiary/aromatic N) is 2. The van der Waals surface area contributed by atoms with Crippen molar-refractivity contribution in [1.82, 2.24) is 4.98 Å². The number of fused-ring (bicyclic) bond motifs is 1. The summed E-state index contributed by atoms with van der Waals surface area (Å²) in [6, 6.07) is 6.38. The predicted molar refractivity (Wildman–Crippen MR) is 70.4 cm³/mol. The molecule has 2 heterocycles. The van der Waals surface area contributed by atoms with Crippen molar-refractivity contribution in [2.45, 2.75) is 26.2 Å². The number of hydrogen-bond acceptors (Lipinski definition) is 3. The minimum Gasteiger partial charge on any atom is -0.348 e. The monoisotopic (exact) mass is 232 g/mol. The Kier molecular flexibility index (Phi) is 2.56. The molecule has 2 nitrogen and oxygen atoms in total. The number of benzene rings is 1. The first-order valence-electron chi connectivity index (χ1n) is 5.96. The highest BCUT2D eigenvalue weighted by Gasteiger charge is 2.15. The van der Waals surface area contributed by atoms with E-state index in [1.165, 1.54) is 47.7 Å². The number of rotatable bonds is 1. The zero-order chi connectivity index (χ0) is 11.0. The van der Waals surface area contributed by atoms with Crippen LogP contribution in [0.1, 0.15) is 24.8 Å². The van der Waals surface area contributed by atoms with Gasteiger partial charge in [-0.2, -0.15) is 0 Å². The molecular formula is C13H16N2S. The largest absolute Gasteiger partial charge is 0.348 e. The maximum absolute atomic E-state index is 4.74. The lowest BCUT2D eigenvalue weighted by atomic mass is 10.1. The van der Waals surface area contributed by atoms with Gasteiger partial charge in [0.25, 0.3) is 0 Å². The van der Waals surface area contributed by atoms with Gasteiger partial charge in [0.1, 0.15) is 0 Å². The van der Waals surface area contributed by atoms with E-state index in [0.717, 1.165) is 5.52 Å². The van der Waals surface area contributed by atoms with Gasteiger partial charge in [0.2, 0.25) is 0 Å². The molecule has 0 radical (unpaired) electrons. The number of aryl methyl sites for hydroxylation is 1. The zero-order valence-corrected chi connectivity index (χ0v) is 10.4. The van der Waals surface area contributed by atoms with Gasteiger partial charge in [0, 0.05) is 13.1 Å². The van der Waals surface area contributed by atoms with Crippen molar-refractivity contribution in [3.8, 4) is 0 Å². The van der Waals surface area contributed by atoms with E-state index in [1.54, 1.807) is 0 Å². The normalized spacial score (nSPS) is 16.9. The van der Waals surface area contributed by atoms with Crippen LogP contribution >= 0.6 is 11.3 Å². The van der Waals surface area contributed by atoms with Gasteiger partial charge in [-0.05, 0) is 37.8 Å². The van der Waals surface area contributed by atoms with Gasteiger partial charge in [0.15, 0.2) is 5.13 Å². The average molecular weight is 232 g/mol. The van der Waals surface area contributed by atoms with Crippen LogP contribution in [0.15, 0.2) is 18.2 Å². The Morgan fingerprint density at radius 2 is 2.00 bits per heavy atom. The molecule has 1 aromatic carbocycles. The van der Waals surface area contributed by atoms with Gasteiger partial charge in [-0.15, -0.1) is 0 Å². The van der Waals surface area contributed by atoms with E-state index in [2.05, 4.69) is 30.0 Å². The quantitative estimate of drug-likeness (QED) is 0.747. The Bertz CT molecular complexity index is 498. The van der Waals surface area contributed by atoms with Crippen LogP contribution in [0.5, 0.6) is 0 Å². The maximum atomic E-state index is 4.74. The molecule has 1 saturated heterocycles. The third-order valence-corrected chi connectivity index (χ3v) is 4.49. The number of aromatic nitrogens is 1. The lowest BCUT2D eigenvalue weighted by Gasteiger charge is -2.25. The summed E-state index contributed by atoms with van der Waals surface area (Å²) < 4.78 is 1.35. The number of piperidine rings is 1. The van der Waals surface area contributed by atoms with Gasteiger partial charge >= 0.3 is 0 Å². The molecule has 1 aromatic heterocycles. The lowest BCUT2D eigenvalue weighted by Crippen LogP contribution is -2.29. The van der Waals surface area contributed by atoms with Gasteiger partial charge in [0.05, 0.1) is 10.2 Å². The van der Waals surface area contributed by atoms with Crippen LogP contribution in [0.3, 0.4) is 0 Å². The molecule has 1 aliphatic rings. The van der Waals surface area contributed by atoms with Crippen LogP contribution in [0.4, 0.5) is 5.13 Å². The molecular weight excluding hydrogens is 216 g/mol. The molecule has 0 atom stereocenters. The fourth-order valence-corrected chi connectivity index (χ4v) is 3.38. The Balaban J connectivity index is 2.01. The molecule has 0 aliphatic carbocycles. The highest BCUT2D eigenvalue weighted by molar-refractivity contribution is 7.22. The molecule has 1 aliphatic heterocycles. The second kappa shape index (κ2) is 4.06. The molecule has 0 saturated carbocycles. The van der Waals surface area contributed by atoms with Crippen LogP contribution in [-0.2, 0) is 0 Å². The molecule has 0 amide bonds. The van der Waals surface area contributed by atoms with Crippen molar-refractivity contribution in [1.29, 1.82) is 0 Å². The van der Waals surface area contributed by atoms with Crippen LogP contribution in [0.2, 0.25) is 0 Å². The Hall–Kier alpha value is -1.09. The van der Waals surface area contributed by atoms with E-state index >= 15 is 0 Å². The summed E-state index contributed by atoms with van der Waals surface area (Å²) in [5.74, 6) is 0.